The minimum atomic E-state index is -0.260. The largest absolute Gasteiger partial charge is 0.381 e. The highest BCUT2D eigenvalue weighted by atomic mass is 16.5. The molecule has 0 bridgehead atoms. The summed E-state index contributed by atoms with van der Waals surface area (Å²) in [5.74, 6) is 0. The van der Waals surface area contributed by atoms with Gasteiger partial charge in [0.1, 0.15) is 0 Å². The molecule has 0 radical (unpaired) electrons. The number of carbonyl (C=O) groups is 1. The average Bonchev–Trinajstić information content (AvgIpc) is 2.28. The lowest BCUT2D eigenvalue weighted by molar-refractivity contribution is 0.119. The van der Waals surface area contributed by atoms with Gasteiger partial charge in [0, 0.05) is 12.7 Å². The second-order valence-corrected chi connectivity index (χ2v) is 3.22. The van der Waals surface area contributed by atoms with E-state index in [1.165, 1.54) is 5.57 Å². The molecule has 0 atom stereocenters. The first kappa shape index (κ1) is 11.5. The molecular weight excluding hydrogens is 194 g/mol. The lowest BCUT2D eigenvalue weighted by Crippen LogP contribution is -2.33. The maximum Gasteiger partial charge on any atom is 0.318 e. The van der Waals surface area contributed by atoms with Gasteiger partial charge in [-0.25, -0.2) is 4.79 Å². The van der Waals surface area contributed by atoms with Crippen molar-refractivity contribution in [3.63, 3.8) is 0 Å². The van der Waals surface area contributed by atoms with Crippen LogP contribution in [0.4, 0.5) is 4.79 Å². The van der Waals surface area contributed by atoms with Crippen LogP contribution in [0.15, 0.2) is 11.8 Å². The molecule has 5 nitrogen and oxygen atoms in total. The molecule has 0 aromatic rings. The fraction of sp³-hybridized carbons (Fsp3) is 0.600. The van der Waals surface area contributed by atoms with E-state index in [0.29, 0.717) is 13.0 Å². The van der Waals surface area contributed by atoms with Gasteiger partial charge in [0.2, 0.25) is 0 Å². The van der Waals surface area contributed by atoms with Crippen LogP contribution in [0.25, 0.3) is 0 Å². The second kappa shape index (κ2) is 6.85. The maximum absolute atomic E-state index is 11.2. The van der Waals surface area contributed by atoms with E-state index in [1.54, 1.807) is 6.20 Å². The molecule has 0 aromatic heterocycles. The number of amides is 2. The van der Waals surface area contributed by atoms with Crippen LogP contribution >= 0.6 is 0 Å². The van der Waals surface area contributed by atoms with Crippen molar-refractivity contribution in [1.29, 1.82) is 5.26 Å². The van der Waals surface area contributed by atoms with Gasteiger partial charge in [-0.2, -0.15) is 5.26 Å². The Morgan fingerprint density at radius 2 is 2.27 bits per heavy atom. The minimum absolute atomic E-state index is 0.260. The van der Waals surface area contributed by atoms with Crippen molar-refractivity contribution in [2.75, 3.05) is 19.8 Å². The lowest BCUT2D eigenvalue weighted by Gasteiger charge is -2.14. The topological polar surface area (TPSA) is 74.2 Å². The summed E-state index contributed by atoms with van der Waals surface area (Å²) in [6.07, 6.45) is 3.80. The monoisotopic (exact) mass is 209 g/mol. The molecule has 0 unspecified atom stereocenters. The zero-order valence-electron chi connectivity index (χ0n) is 8.58. The molecule has 15 heavy (non-hydrogen) atoms. The van der Waals surface area contributed by atoms with Crippen LogP contribution in [0.2, 0.25) is 0 Å². The number of nitrogens with zero attached hydrogens (tertiary/aromatic N) is 1. The van der Waals surface area contributed by atoms with Gasteiger partial charge in [0.05, 0.1) is 25.7 Å². The van der Waals surface area contributed by atoms with Crippen molar-refractivity contribution in [3.05, 3.63) is 11.8 Å². The second-order valence-electron chi connectivity index (χ2n) is 3.22. The van der Waals surface area contributed by atoms with Gasteiger partial charge in [-0.3, -0.25) is 0 Å². The van der Waals surface area contributed by atoms with Crippen LogP contribution in [0.5, 0.6) is 0 Å². The number of hydrogen-bond donors (Lipinski definition) is 2. The molecule has 1 fully saturated rings. The van der Waals surface area contributed by atoms with Crippen molar-refractivity contribution < 1.29 is 9.53 Å². The standard InChI is InChI=1S/C10H15N3O2/c11-4-1-5-12-10(14)13-8-9-2-6-15-7-3-9/h8H,1-3,5-7H2,(H2,12,13,14). The Balaban J connectivity index is 2.17. The number of hydrogen-bond acceptors (Lipinski definition) is 3. The Kier molecular flexibility index (Phi) is 5.26. The Hall–Kier alpha value is -1.54. The SMILES string of the molecule is N#CCCNC(=O)NC=C1CCOCC1. The predicted molar refractivity (Wildman–Crippen MR) is 54.9 cm³/mol. The molecule has 0 saturated carbocycles. The number of nitriles is 1. The first-order valence-corrected chi connectivity index (χ1v) is 5.00. The average molecular weight is 209 g/mol. The van der Waals surface area contributed by atoms with Crippen LogP contribution in [0.1, 0.15) is 19.3 Å². The molecule has 0 aliphatic carbocycles. The van der Waals surface area contributed by atoms with Gasteiger partial charge in [-0.15, -0.1) is 0 Å². The van der Waals surface area contributed by atoms with Gasteiger partial charge in [0.15, 0.2) is 0 Å². The molecule has 1 heterocycles. The summed E-state index contributed by atoms with van der Waals surface area (Å²) in [6, 6.07) is 1.69. The number of ether oxygens (including phenoxy) is 1. The van der Waals surface area contributed by atoms with Crippen LogP contribution in [0, 0.1) is 11.3 Å². The van der Waals surface area contributed by atoms with E-state index in [-0.39, 0.29) is 6.03 Å². The third-order valence-corrected chi connectivity index (χ3v) is 2.06. The van der Waals surface area contributed by atoms with Gasteiger partial charge in [0.25, 0.3) is 0 Å². The third-order valence-electron chi connectivity index (χ3n) is 2.06. The van der Waals surface area contributed by atoms with Crippen LogP contribution in [-0.4, -0.2) is 25.8 Å². The first-order chi connectivity index (χ1) is 7.33. The van der Waals surface area contributed by atoms with Gasteiger partial charge < -0.3 is 15.4 Å². The highest BCUT2D eigenvalue weighted by Gasteiger charge is 2.05. The highest BCUT2D eigenvalue weighted by Crippen LogP contribution is 2.11. The molecule has 2 N–H and O–H groups in total. The van der Waals surface area contributed by atoms with E-state index in [9.17, 15) is 4.79 Å². The fourth-order valence-corrected chi connectivity index (χ4v) is 1.23. The quantitative estimate of drug-likeness (QED) is 0.678. The van der Waals surface area contributed by atoms with Crippen molar-refractivity contribution >= 4 is 6.03 Å². The van der Waals surface area contributed by atoms with Gasteiger partial charge >= 0.3 is 6.03 Å². The van der Waals surface area contributed by atoms with E-state index in [0.717, 1.165) is 26.1 Å². The van der Waals surface area contributed by atoms with Gasteiger partial charge in [-0.1, -0.05) is 0 Å². The summed E-state index contributed by atoms with van der Waals surface area (Å²) < 4.78 is 5.18. The smallest absolute Gasteiger partial charge is 0.318 e. The molecule has 1 aliphatic rings. The minimum Gasteiger partial charge on any atom is -0.381 e. The third kappa shape index (κ3) is 5.03. The Morgan fingerprint density at radius 3 is 2.93 bits per heavy atom. The van der Waals surface area contributed by atoms with E-state index in [1.807, 2.05) is 6.07 Å². The summed E-state index contributed by atoms with van der Waals surface area (Å²) >= 11 is 0. The lowest BCUT2D eigenvalue weighted by atomic mass is 10.1. The molecule has 1 aliphatic heterocycles. The van der Waals surface area contributed by atoms with Crippen molar-refractivity contribution in [1.82, 2.24) is 10.6 Å². The first-order valence-electron chi connectivity index (χ1n) is 5.00. The summed E-state index contributed by atoms with van der Waals surface area (Å²) in [5.41, 5.74) is 1.19. The molecule has 5 heteroatoms. The number of nitrogens with one attached hydrogen (secondary N) is 2. The van der Waals surface area contributed by atoms with E-state index >= 15 is 0 Å². The van der Waals surface area contributed by atoms with Crippen LogP contribution in [-0.2, 0) is 4.74 Å². The normalized spacial score (nSPS) is 15.3. The zero-order chi connectivity index (χ0) is 10.9. The molecule has 1 saturated heterocycles. The van der Waals surface area contributed by atoms with Crippen molar-refractivity contribution in [2.24, 2.45) is 0 Å². The molecule has 0 aromatic carbocycles. The maximum atomic E-state index is 11.2. The fourth-order valence-electron chi connectivity index (χ4n) is 1.23. The Labute approximate surface area is 89.1 Å². The van der Waals surface area contributed by atoms with Crippen molar-refractivity contribution in [2.45, 2.75) is 19.3 Å². The summed E-state index contributed by atoms with van der Waals surface area (Å²) in [7, 11) is 0. The Bertz CT molecular complexity index is 273. The summed E-state index contributed by atoms with van der Waals surface area (Å²) in [5, 5.41) is 13.5. The molecule has 82 valence electrons. The number of urea groups is 1. The van der Waals surface area contributed by atoms with E-state index < -0.39 is 0 Å². The molecular formula is C10H15N3O2. The number of rotatable bonds is 3. The van der Waals surface area contributed by atoms with Gasteiger partial charge in [-0.05, 0) is 18.4 Å². The van der Waals surface area contributed by atoms with Crippen LogP contribution in [0.3, 0.4) is 0 Å². The molecule has 2 amide bonds. The van der Waals surface area contributed by atoms with Crippen molar-refractivity contribution in [3.8, 4) is 6.07 Å². The summed E-state index contributed by atoms with van der Waals surface area (Å²) in [4.78, 5) is 11.2. The van der Waals surface area contributed by atoms with E-state index in [2.05, 4.69) is 10.6 Å². The molecule has 1 rings (SSSR count). The Morgan fingerprint density at radius 1 is 1.53 bits per heavy atom. The van der Waals surface area contributed by atoms with E-state index in [4.69, 9.17) is 10.00 Å². The van der Waals surface area contributed by atoms with Crippen LogP contribution < -0.4 is 10.6 Å². The zero-order valence-corrected chi connectivity index (χ0v) is 8.58. The molecule has 0 spiro atoms. The summed E-state index contributed by atoms with van der Waals surface area (Å²) in [6.45, 7) is 1.84. The highest BCUT2D eigenvalue weighted by molar-refractivity contribution is 5.74. The number of carbonyl (C=O) groups excluding carboxylic acids is 1. The predicted octanol–water partition coefficient (Wildman–Crippen LogP) is 0.894.